The number of carbonyl (C=O) groups excluding carboxylic acids is 1. The molecule has 1 spiro atoms. The molecule has 0 aromatic heterocycles. The lowest BCUT2D eigenvalue weighted by Gasteiger charge is -2.33. The molecule has 0 bridgehead atoms. The zero-order chi connectivity index (χ0) is 13.5. The highest BCUT2D eigenvalue weighted by molar-refractivity contribution is 6.23. The number of ether oxygens (including phenoxy) is 1. The van der Waals surface area contributed by atoms with Crippen LogP contribution in [0.4, 0.5) is 0 Å². The molecular weight excluding hydrogens is 242 g/mol. The Morgan fingerprint density at radius 3 is 2.63 bits per heavy atom. The van der Waals surface area contributed by atoms with Crippen molar-refractivity contribution < 1.29 is 14.6 Å². The number of nitrogens with one attached hydrogen (secondary N) is 1. The summed E-state index contributed by atoms with van der Waals surface area (Å²) < 4.78 is 5.32. The quantitative estimate of drug-likeness (QED) is 0.810. The smallest absolute Gasteiger partial charge is 0.256 e. The normalized spacial score (nSPS) is 21.8. The van der Waals surface area contributed by atoms with E-state index in [1.54, 1.807) is 0 Å². The molecule has 0 aliphatic carbocycles. The van der Waals surface area contributed by atoms with Gasteiger partial charge in [0.1, 0.15) is 11.3 Å². The van der Waals surface area contributed by atoms with Crippen molar-refractivity contribution in [3.63, 3.8) is 0 Å². The number of rotatable bonds is 1. The second kappa shape index (κ2) is 4.38. The van der Waals surface area contributed by atoms with Gasteiger partial charge in [-0.25, -0.2) is 0 Å². The monoisotopic (exact) mass is 259 g/mol. The first-order chi connectivity index (χ1) is 9.14. The highest BCUT2D eigenvalue weighted by atomic mass is 16.5. The third kappa shape index (κ3) is 1.83. The number of carbonyl (C=O) groups is 1. The Hall–Kier alpha value is -1.81. The predicted octanol–water partition coefficient (Wildman–Crippen LogP) is 1.94. The predicted molar refractivity (Wildman–Crippen MR) is 71.7 cm³/mol. The van der Waals surface area contributed by atoms with Crippen molar-refractivity contribution in [2.24, 2.45) is 0 Å². The summed E-state index contributed by atoms with van der Waals surface area (Å²) in [6.07, 6.45) is 1.25. The summed E-state index contributed by atoms with van der Waals surface area (Å²) >= 11 is 0. The van der Waals surface area contributed by atoms with Gasteiger partial charge in [0.05, 0.1) is 5.57 Å². The standard InChI is InChI=1S/C15H17NO3/c1-10-4-2-3-5-11(10)12-13(17)15(16-14(12)18)6-8-19-9-7-15/h2-5,17H,6-9H2,1H3,(H,16,18). The number of aryl methyl sites for hydroxylation is 1. The SMILES string of the molecule is Cc1ccccc1C1=C(O)C2(CCOCC2)NC1=O. The lowest BCUT2D eigenvalue weighted by atomic mass is 9.87. The van der Waals surface area contributed by atoms with E-state index in [-0.39, 0.29) is 11.7 Å². The summed E-state index contributed by atoms with van der Waals surface area (Å²) in [6, 6.07) is 7.62. The molecule has 4 nitrogen and oxygen atoms in total. The average molecular weight is 259 g/mol. The number of amides is 1. The van der Waals surface area contributed by atoms with E-state index in [1.165, 1.54) is 0 Å². The first-order valence-corrected chi connectivity index (χ1v) is 6.54. The van der Waals surface area contributed by atoms with Crippen molar-refractivity contribution in [1.29, 1.82) is 0 Å². The van der Waals surface area contributed by atoms with Gasteiger partial charge in [0.2, 0.25) is 0 Å². The Morgan fingerprint density at radius 2 is 1.95 bits per heavy atom. The van der Waals surface area contributed by atoms with E-state index in [9.17, 15) is 9.90 Å². The zero-order valence-corrected chi connectivity index (χ0v) is 10.9. The minimum Gasteiger partial charge on any atom is -0.509 e. The van der Waals surface area contributed by atoms with Crippen LogP contribution in [-0.2, 0) is 9.53 Å². The summed E-state index contributed by atoms with van der Waals surface area (Å²) in [4.78, 5) is 12.2. The summed E-state index contributed by atoms with van der Waals surface area (Å²) in [5, 5.41) is 13.5. The number of benzene rings is 1. The first-order valence-electron chi connectivity index (χ1n) is 6.54. The van der Waals surface area contributed by atoms with Crippen LogP contribution in [0, 0.1) is 6.92 Å². The Labute approximate surface area is 112 Å². The van der Waals surface area contributed by atoms with Crippen LogP contribution < -0.4 is 5.32 Å². The first kappa shape index (κ1) is 12.2. The highest BCUT2D eigenvalue weighted by Gasteiger charge is 2.46. The van der Waals surface area contributed by atoms with E-state index in [2.05, 4.69) is 5.32 Å². The van der Waals surface area contributed by atoms with Crippen molar-refractivity contribution in [2.45, 2.75) is 25.3 Å². The second-order valence-electron chi connectivity index (χ2n) is 5.19. The van der Waals surface area contributed by atoms with Crippen molar-refractivity contribution >= 4 is 11.5 Å². The van der Waals surface area contributed by atoms with Crippen LogP contribution in [-0.4, -0.2) is 29.8 Å². The number of aliphatic hydroxyl groups is 1. The van der Waals surface area contributed by atoms with Crippen molar-refractivity contribution in [3.05, 3.63) is 41.2 Å². The molecule has 1 aromatic carbocycles. The molecule has 2 aliphatic heterocycles. The number of hydrogen-bond acceptors (Lipinski definition) is 3. The van der Waals surface area contributed by atoms with Gasteiger partial charge in [0.15, 0.2) is 0 Å². The van der Waals surface area contributed by atoms with Gasteiger partial charge >= 0.3 is 0 Å². The lowest BCUT2D eigenvalue weighted by Crippen LogP contribution is -2.48. The molecule has 2 heterocycles. The molecule has 3 rings (SSSR count). The fourth-order valence-corrected chi connectivity index (χ4v) is 2.87. The molecule has 19 heavy (non-hydrogen) atoms. The van der Waals surface area contributed by atoms with Gasteiger partial charge in [-0.3, -0.25) is 4.79 Å². The number of aliphatic hydroxyl groups excluding tert-OH is 1. The van der Waals surface area contributed by atoms with Gasteiger partial charge in [-0.2, -0.15) is 0 Å². The molecule has 100 valence electrons. The molecule has 4 heteroatoms. The fraction of sp³-hybridized carbons (Fsp3) is 0.400. The van der Waals surface area contributed by atoms with E-state index >= 15 is 0 Å². The van der Waals surface area contributed by atoms with Crippen LogP contribution in [0.1, 0.15) is 24.0 Å². The van der Waals surface area contributed by atoms with Crippen LogP contribution in [0.25, 0.3) is 5.57 Å². The lowest BCUT2D eigenvalue weighted by molar-refractivity contribution is -0.117. The molecular formula is C15H17NO3. The molecule has 0 atom stereocenters. The molecule has 1 fully saturated rings. The minimum atomic E-state index is -0.618. The number of hydrogen-bond donors (Lipinski definition) is 2. The third-order valence-corrected chi connectivity index (χ3v) is 4.03. The maximum absolute atomic E-state index is 12.2. The largest absolute Gasteiger partial charge is 0.509 e. The van der Waals surface area contributed by atoms with Gasteiger partial charge in [0, 0.05) is 26.1 Å². The average Bonchev–Trinajstić information content (AvgIpc) is 2.63. The van der Waals surface area contributed by atoms with E-state index in [0.717, 1.165) is 11.1 Å². The van der Waals surface area contributed by atoms with Crippen LogP contribution in [0.15, 0.2) is 30.0 Å². The minimum absolute atomic E-state index is 0.176. The maximum Gasteiger partial charge on any atom is 0.256 e. The Bertz CT molecular complexity index is 556. The second-order valence-corrected chi connectivity index (χ2v) is 5.19. The molecule has 1 amide bonds. The molecule has 0 saturated carbocycles. The van der Waals surface area contributed by atoms with Gasteiger partial charge in [0.25, 0.3) is 5.91 Å². The zero-order valence-electron chi connectivity index (χ0n) is 10.9. The topological polar surface area (TPSA) is 58.6 Å². The van der Waals surface area contributed by atoms with Crippen molar-refractivity contribution in [3.8, 4) is 0 Å². The molecule has 0 unspecified atom stereocenters. The third-order valence-electron chi connectivity index (χ3n) is 4.03. The van der Waals surface area contributed by atoms with Gasteiger partial charge < -0.3 is 15.2 Å². The van der Waals surface area contributed by atoms with E-state index in [4.69, 9.17) is 4.74 Å². The summed E-state index contributed by atoms with van der Waals surface area (Å²) in [5.74, 6) is -0.0104. The molecule has 1 aromatic rings. The Kier molecular flexibility index (Phi) is 2.82. The summed E-state index contributed by atoms with van der Waals surface area (Å²) in [7, 11) is 0. The van der Waals surface area contributed by atoms with Crippen LogP contribution in [0.3, 0.4) is 0 Å². The summed E-state index contributed by atoms with van der Waals surface area (Å²) in [5.41, 5.74) is 1.59. The Morgan fingerprint density at radius 1 is 1.26 bits per heavy atom. The van der Waals surface area contributed by atoms with E-state index in [0.29, 0.717) is 31.6 Å². The van der Waals surface area contributed by atoms with Gasteiger partial charge in [-0.1, -0.05) is 24.3 Å². The van der Waals surface area contributed by atoms with Crippen LogP contribution in [0.2, 0.25) is 0 Å². The fourth-order valence-electron chi connectivity index (χ4n) is 2.87. The molecule has 2 N–H and O–H groups in total. The van der Waals surface area contributed by atoms with Gasteiger partial charge in [-0.15, -0.1) is 0 Å². The maximum atomic E-state index is 12.2. The van der Waals surface area contributed by atoms with E-state index < -0.39 is 5.54 Å². The van der Waals surface area contributed by atoms with Crippen molar-refractivity contribution in [2.75, 3.05) is 13.2 Å². The van der Waals surface area contributed by atoms with E-state index in [1.807, 2.05) is 31.2 Å². The van der Waals surface area contributed by atoms with Crippen molar-refractivity contribution in [1.82, 2.24) is 5.32 Å². The molecule has 0 radical (unpaired) electrons. The highest BCUT2D eigenvalue weighted by Crippen LogP contribution is 2.38. The molecule has 2 aliphatic rings. The van der Waals surface area contributed by atoms with Crippen LogP contribution >= 0.6 is 0 Å². The summed E-state index contributed by atoms with van der Waals surface area (Å²) in [6.45, 7) is 3.06. The van der Waals surface area contributed by atoms with Crippen LogP contribution in [0.5, 0.6) is 0 Å². The molecule has 1 saturated heterocycles. The Balaban J connectivity index is 2.09. The van der Waals surface area contributed by atoms with Gasteiger partial charge in [-0.05, 0) is 18.1 Å².